The van der Waals surface area contributed by atoms with Crippen LogP contribution in [-0.2, 0) is 17.9 Å². The van der Waals surface area contributed by atoms with E-state index >= 15 is 0 Å². The van der Waals surface area contributed by atoms with E-state index in [1.54, 1.807) is 13.3 Å². The number of hydrogen-bond donors (Lipinski definition) is 0. The normalized spacial score (nSPS) is 12.2. The Labute approximate surface area is 200 Å². The number of halogens is 1. The lowest BCUT2D eigenvalue weighted by Crippen LogP contribution is -2.44. The molecule has 2 aromatic carbocycles. The highest BCUT2D eigenvalue weighted by molar-refractivity contribution is 9.10. The molecule has 0 atom stereocenters. The van der Waals surface area contributed by atoms with E-state index in [0.29, 0.717) is 30.3 Å². The number of aromatic nitrogens is 1. The molecule has 3 aromatic rings. The van der Waals surface area contributed by atoms with E-state index in [-0.39, 0.29) is 11.6 Å². The molecule has 8 heteroatoms. The summed E-state index contributed by atoms with van der Waals surface area (Å²) in [7, 11) is 2.85. The number of esters is 1. The monoisotopic (exact) mass is 512 g/mol. The van der Waals surface area contributed by atoms with Gasteiger partial charge in [0.2, 0.25) is 0 Å². The predicted molar refractivity (Wildman–Crippen MR) is 130 cm³/mol. The quantitative estimate of drug-likeness (QED) is 0.452. The van der Waals surface area contributed by atoms with Crippen molar-refractivity contribution in [3.05, 3.63) is 80.0 Å². The van der Waals surface area contributed by atoms with E-state index in [1.807, 2.05) is 41.1 Å². The Morgan fingerprint density at radius 3 is 2.52 bits per heavy atom. The lowest BCUT2D eigenvalue weighted by Gasteiger charge is -2.39. The van der Waals surface area contributed by atoms with Crippen LogP contribution in [0.3, 0.4) is 0 Å². The summed E-state index contributed by atoms with van der Waals surface area (Å²) in [5, 5.41) is 2.07. The summed E-state index contributed by atoms with van der Waals surface area (Å²) in [4.78, 5) is 25.1. The van der Waals surface area contributed by atoms with Gasteiger partial charge in [0.25, 0.3) is 0 Å². The summed E-state index contributed by atoms with van der Waals surface area (Å²) < 4.78 is 19.4. The van der Waals surface area contributed by atoms with Gasteiger partial charge in [-0.3, -0.25) is 9.47 Å². The smallest absolute Gasteiger partial charge is 0.343 e. The fourth-order valence-corrected chi connectivity index (χ4v) is 4.48. The van der Waals surface area contributed by atoms with Crippen LogP contribution in [0.25, 0.3) is 11.3 Å². The number of ether oxygens (including phenoxy) is 3. The van der Waals surface area contributed by atoms with Crippen LogP contribution in [-0.4, -0.2) is 30.9 Å². The molecule has 0 fully saturated rings. The molecular weight excluding hydrogens is 488 g/mol. The average molecular weight is 513 g/mol. The summed E-state index contributed by atoms with van der Waals surface area (Å²) in [5.41, 5.74) is 2.90. The first-order valence-electron chi connectivity index (χ1n) is 10.5. The first-order chi connectivity index (χ1) is 15.8. The molecule has 172 valence electrons. The summed E-state index contributed by atoms with van der Waals surface area (Å²) in [6.45, 7) is 4.98. The van der Waals surface area contributed by atoms with Crippen LogP contribution in [0.1, 0.15) is 35.3 Å². The van der Waals surface area contributed by atoms with Gasteiger partial charge in [-0.05, 0) is 25.5 Å². The van der Waals surface area contributed by atoms with E-state index in [2.05, 4.69) is 34.8 Å². The lowest BCUT2D eigenvalue weighted by atomic mass is 9.98. The second kappa shape index (κ2) is 9.31. The number of benzene rings is 2. The largest absolute Gasteiger partial charge is 0.493 e. The third-order valence-electron chi connectivity index (χ3n) is 5.63. The Kier molecular flexibility index (Phi) is 6.47. The van der Waals surface area contributed by atoms with E-state index < -0.39 is 11.4 Å². The molecule has 1 aliphatic rings. The van der Waals surface area contributed by atoms with Gasteiger partial charge in [0.1, 0.15) is 12.2 Å². The molecule has 0 radical (unpaired) electrons. The average Bonchev–Trinajstić information content (AvgIpc) is 2.82. The van der Waals surface area contributed by atoms with Crippen molar-refractivity contribution in [3.8, 4) is 22.8 Å². The molecule has 0 amide bonds. The molecule has 0 bridgehead atoms. The maximum atomic E-state index is 12.9. The zero-order valence-electron chi connectivity index (χ0n) is 18.9. The number of nitrogens with zero attached hydrogens (tertiary/aromatic N) is 2. The second-order valence-corrected chi connectivity index (χ2v) is 8.84. The Balaban J connectivity index is 1.94. The fourth-order valence-electron chi connectivity index (χ4n) is 3.95. The molecule has 0 saturated carbocycles. The van der Waals surface area contributed by atoms with Crippen molar-refractivity contribution in [3.63, 3.8) is 0 Å². The molecule has 1 aliphatic heterocycles. The van der Waals surface area contributed by atoms with Gasteiger partial charge in [0.05, 0.1) is 32.0 Å². The van der Waals surface area contributed by atoms with Gasteiger partial charge in [0, 0.05) is 28.3 Å². The van der Waals surface area contributed by atoms with Crippen LogP contribution in [0.4, 0.5) is 0 Å². The minimum atomic E-state index is -0.669. The van der Waals surface area contributed by atoms with Crippen LogP contribution in [0, 0.1) is 0 Å². The van der Waals surface area contributed by atoms with Crippen molar-refractivity contribution >= 4 is 21.9 Å². The molecule has 1 aromatic heterocycles. The molecular formula is C25H25BrN2O5. The lowest BCUT2D eigenvalue weighted by molar-refractivity contribution is 0.0598. The van der Waals surface area contributed by atoms with Crippen LogP contribution >= 0.6 is 15.9 Å². The highest BCUT2D eigenvalue weighted by Gasteiger charge is 2.31. The number of pyridine rings is 1. The Bertz CT molecular complexity index is 1250. The molecule has 0 spiro atoms. The van der Waals surface area contributed by atoms with Crippen molar-refractivity contribution in [2.24, 2.45) is 0 Å². The van der Waals surface area contributed by atoms with Gasteiger partial charge < -0.3 is 19.2 Å². The first-order valence-corrected chi connectivity index (χ1v) is 11.3. The number of fused-ring (bicyclic) bond motifs is 3. The van der Waals surface area contributed by atoms with Gasteiger partial charge in [-0.25, -0.2) is 4.79 Å². The molecule has 7 nitrogen and oxygen atoms in total. The van der Waals surface area contributed by atoms with Gasteiger partial charge >= 0.3 is 5.97 Å². The van der Waals surface area contributed by atoms with Crippen molar-refractivity contribution in [1.29, 1.82) is 0 Å². The molecule has 0 aliphatic carbocycles. The van der Waals surface area contributed by atoms with Crippen molar-refractivity contribution in [2.45, 2.75) is 33.0 Å². The molecule has 2 heterocycles. The number of methoxy groups -OCH3 is 2. The summed E-state index contributed by atoms with van der Waals surface area (Å²) in [6.07, 6.45) is 1.54. The highest BCUT2D eigenvalue weighted by Crippen LogP contribution is 2.47. The third-order valence-corrected chi connectivity index (χ3v) is 6.34. The zero-order valence-corrected chi connectivity index (χ0v) is 20.5. The predicted octanol–water partition coefficient (Wildman–Crippen LogP) is 4.51. The summed E-state index contributed by atoms with van der Waals surface area (Å²) in [6, 6.07) is 13.3. The molecule has 0 saturated heterocycles. The second-order valence-electron chi connectivity index (χ2n) is 7.98. The molecule has 0 unspecified atom stereocenters. The zero-order chi connectivity index (χ0) is 23.7. The van der Waals surface area contributed by atoms with E-state index in [1.165, 1.54) is 13.2 Å². The van der Waals surface area contributed by atoms with Crippen molar-refractivity contribution in [2.75, 3.05) is 19.2 Å². The molecule has 33 heavy (non-hydrogen) atoms. The van der Waals surface area contributed by atoms with Crippen LogP contribution < -0.4 is 19.9 Å². The first kappa shape index (κ1) is 22.9. The third kappa shape index (κ3) is 4.23. The Morgan fingerprint density at radius 1 is 1.15 bits per heavy atom. The van der Waals surface area contributed by atoms with E-state index in [4.69, 9.17) is 14.2 Å². The van der Waals surface area contributed by atoms with Crippen LogP contribution in [0.15, 0.2) is 57.9 Å². The van der Waals surface area contributed by atoms with Crippen LogP contribution in [0.5, 0.6) is 11.5 Å². The van der Waals surface area contributed by atoms with Crippen molar-refractivity contribution < 1.29 is 19.0 Å². The molecule has 0 N–H and O–H groups in total. The minimum absolute atomic E-state index is 0.0240. The van der Waals surface area contributed by atoms with Crippen molar-refractivity contribution in [1.82, 2.24) is 4.68 Å². The number of hydrogen-bond acceptors (Lipinski definition) is 6. The summed E-state index contributed by atoms with van der Waals surface area (Å²) >= 11 is 3.68. The van der Waals surface area contributed by atoms with E-state index in [9.17, 15) is 9.59 Å². The molecule has 4 rings (SSSR count). The number of carbonyl (C=O) groups excluding carboxylic acids is 1. The topological polar surface area (TPSA) is 70.0 Å². The van der Waals surface area contributed by atoms with Gasteiger partial charge in [0.15, 0.2) is 16.9 Å². The standard InChI is InChI=1S/C25H25BrN2O5/c1-15(2)27-12-17-19(26)10-22(31-3)24(33-14-16-8-6-5-7-9-16)23(17)20-11-21(29)18(13-28(20)27)25(30)32-4/h5-11,13,15H,12,14H2,1-4H3. The van der Waals surface area contributed by atoms with Gasteiger partial charge in [-0.2, -0.15) is 0 Å². The van der Waals surface area contributed by atoms with Crippen LogP contribution in [0.2, 0.25) is 0 Å². The van der Waals surface area contributed by atoms with Gasteiger partial charge in [-0.15, -0.1) is 0 Å². The fraction of sp³-hybridized carbons (Fsp3) is 0.280. The maximum Gasteiger partial charge on any atom is 0.343 e. The SMILES string of the molecule is COC(=O)c1cn2c(cc1=O)-c1c(c(Br)cc(OC)c1OCc1ccccc1)CN2C(C)C. The Morgan fingerprint density at radius 2 is 1.88 bits per heavy atom. The number of rotatable bonds is 6. The Hall–Kier alpha value is -3.26. The van der Waals surface area contributed by atoms with E-state index in [0.717, 1.165) is 21.2 Å². The number of carbonyl (C=O) groups is 1. The highest BCUT2D eigenvalue weighted by atomic mass is 79.9. The van der Waals surface area contributed by atoms with Gasteiger partial charge in [-0.1, -0.05) is 46.3 Å². The summed E-state index contributed by atoms with van der Waals surface area (Å²) in [5.74, 6) is 0.421. The maximum absolute atomic E-state index is 12.9. The minimum Gasteiger partial charge on any atom is -0.493 e.